The molecule has 1 aliphatic carbocycles. The Morgan fingerprint density at radius 3 is 2.94 bits per heavy atom. The Kier molecular flexibility index (Phi) is 6.11. The average Bonchev–Trinajstić information content (AvgIpc) is 2.92. The largest absolute Gasteiger partial charge is 0.312 e. The van der Waals surface area contributed by atoms with E-state index in [0.717, 1.165) is 19.1 Å². The fourth-order valence-corrected chi connectivity index (χ4v) is 3.26. The van der Waals surface area contributed by atoms with E-state index in [1.54, 1.807) is 11.3 Å². The van der Waals surface area contributed by atoms with E-state index in [4.69, 9.17) is 0 Å². The van der Waals surface area contributed by atoms with Crippen LogP contribution < -0.4 is 5.32 Å². The van der Waals surface area contributed by atoms with Gasteiger partial charge in [-0.3, -0.25) is 4.98 Å². The number of hydrogen-bond acceptors (Lipinski definition) is 4. The summed E-state index contributed by atoms with van der Waals surface area (Å²) >= 11 is 1.73. The summed E-state index contributed by atoms with van der Waals surface area (Å²) in [5.41, 5.74) is 1.90. The molecule has 0 aromatic carbocycles. The Hall–Kier alpha value is -0.450. The van der Waals surface area contributed by atoms with E-state index < -0.39 is 0 Å². The molecule has 0 amide bonds. The van der Waals surface area contributed by atoms with Crippen molar-refractivity contribution >= 4 is 11.3 Å². The van der Waals surface area contributed by atoms with Gasteiger partial charge in [0.2, 0.25) is 0 Å². The number of aromatic nitrogens is 1. The van der Waals surface area contributed by atoms with Crippen LogP contribution in [0.2, 0.25) is 0 Å². The molecule has 0 saturated heterocycles. The minimum atomic E-state index is 0.847. The molecule has 1 N–H and O–H groups in total. The first-order valence-corrected chi connectivity index (χ1v) is 8.02. The molecule has 2 rings (SSSR count). The zero-order chi connectivity index (χ0) is 12.6. The zero-order valence-electron chi connectivity index (χ0n) is 11.4. The maximum atomic E-state index is 4.08. The monoisotopic (exact) mass is 267 g/mol. The van der Waals surface area contributed by atoms with Crippen molar-refractivity contribution in [3.63, 3.8) is 0 Å². The van der Waals surface area contributed by atoms with Crippen LogP contribution in [-0.2, 0) is 6.54 Å². The normalized spacial score (nSPS) is 17.4. The lowest BCUT2D eigenvalue weighted by atomic mass is 9.94. The number of hydrogen-bond donors (Lipinski definition) is 1. The van der Waals surface area contributed by atoms with Crippen molar-refractivity contribution in [2.24, 2.45) is 0 Å². The Morgan fingerprint density at radius 1 is 1.39 bits per heavy atom. The van der Waals surface area contributed by atoms with E-state index in [1.807, 2.05) is 11.7 Å². The standard InChI is InChI=1S/C14H25N3S/c1-17(13-6-3-2-4-7-13)9-5-8-15-10-14-11-16-12-18-14/h11-13,15H,2-10H2,1H3. The van der Waals surface area contributed by atoms with Gasteiger partial charge in [-0.15, -0.1) is 11.3 Å². The predicted octanol–water partition coefficient (Wildman–Crippen LogP) is 2.89. The molecular formula is C14H25N3S. The molecule has 1 heterocycles. The van der Waals surface area contributed by atoms with Crippen molar-refractivity contribution in [1.82, 2.24) is 15.2 Å². The van der Waals surface area contributed by atoms with Crippen LogP contribution in [0.15, 0.2) is 11.7 Å². The summed E-state index contributed by atoms with van der Waals surface area (Å²) in [7, 11) is 2.29. The number of thiazole rings is 1. The second kappa shape index (κ2) is 7.87. The maximum absolute atomic E-state index is 4.08. The highest BCUT2D eigenvalue weighted by atomic mass is 32.1. The number of nitrogens with one attached hydrogen (secondary N) is 1. The first-order valence-electron chi connectivity index (χ1n) is 7.14. The molecule has 1 aromatic heterocycles. The topological polar surface area (TPSA) is 28.2 Å². The lowest BCUT2D eigenvalue weighted by molar-refractivity contribution is 0.189. The van der Waals surface area contributed by atoms with Gasteiger partial charge in [-0.2, -0.15) is 0 Å². The molecule has 1 aliphatic rings. The number of nitrogens with zero attached hydrogens (tertiary/aromatic N) is 2. The molecule has 0 aliphatic heterocycles. The molecule has 0 radical (unpaired) electrons. The third kappa shape index (κ3) is 4.67. The van der Waals surface area contributed by atoms with Crippen LogP contribution in [0.4, 0.5) is 0 Å². The minimum Gasteiger partial charge on any atom is -0.312 e. The second-order valence-corrected chi connectivity index (χ2v) is 6.24. The van der Waals surface area contributed by atoms with Crippen LogP contribution in [0.5, 0.6) is 0 Å². The summed E-state index contributed by atoms with van der Waals surface area (Å²) in [5, 5.41) is 3.49. The molecule has 0 unspecified atom stereocenters. The Labute approximate surface area is 115 Å². The van der Waals surface area contributed by atoms with E-state index in [-0.39, 0.29) is 0 Å². The van der Waals surface area contributed by atoms with Crippen LogP contribution in [0.3, 0.4) is 0 Å². The van der Waals surface area contributed by atoms with Gasteiger partial charge in [0, 0.05) is 23.7 Å². The fraction of sp³-hybridized carbons (Fsp3) is 0.786. The van der Waals surface area contributed by atoms with Crippen LogP contribution in [-0.4, -0.2) is 36.1 Å². The molecule has 0 atom stereocenters. The first kappa shape index (κ1) is 14.0. The number of rotatable bonds is 7. The van der Waals surface area contributed by atoms with E-state index >= 15 is 0 Å². The van der Waals surface area contributed by atoms with Crippen LogP contribution in [0.25, 0.3) is 0 Å². The SMILES string of the molecule is CN(CCCNCc1cncs1)C1CCCCC1. The third-order valence-corrected chi connectivity index (χ3v) is 4.62. The molecule has 1 saturated carbocycles. The van der Waals surface area contributed by atoms with Crippen molar-refractivity contribution < 1.29 is 0 Å². The molecule has 4 heteroatoms. The summed E-state index contributed by atoms with van der Waals surface area (Å²) in [4.78, 5) is 7.97. The smallest absolute Gasteiger partial charge is 0.0794 e. The lowest BCUT2D eigenvalue weighted by Gasteiger charge is -2.31. The predicted molar refractivity (Wildman–Crippen MR) is 77.9 cm³/mol. The molecular weight excluding hydrogens is 242 g/mol. The van der Waals surface area contributed by atoms with Gasteiger partial charge in [0.25, 0.3) is 0 Å². The fourth-order valence-electron chi connectivity index (χ4n) is 2.70. The molecule has 1 aromatic rings. The summed E-state index contributed by atoms with van der Waals surface area (Å²) in [6.45, 7) is 3.30. The molecule has 0 spiro atoms. The molecule has 18 heavy (non-hydrogen) atoms. The highest BCUT2D eigenvalue weighted by Gasteiger charge is 2.16. The highest BCUT2D eigenvalue weighted by molar-refractivity contribution is 7.09. The van der Waals surface area contributed by atoms with Gasteiger partial charge in [-0.25, -0.2) is 0 Å². The van der Waals surface area contributed by atoms with Crippen LogP contribution in [0, 0.1) is 0 Å². The van der Waals surface area contributed by atoms with E-state index in [1.165, 1.54) is 49.9 Å². The van der Waals surface area contributed by atoms with Gasteiger partial charge in [-0.1, -0.05) is 19.3 Å². The van der Waals surface area contributed by atoms with Gasteiger partial charge < -0.3 is 10.2 Å². The Morgan fingerprint density at radius 2 is 2.22 bits per heavy atom. The molecule has 102 valence electrons. The van der Waals surface area contributed by atoms with Gasteiger partial charge in [0.15, 0.2) is 0 Å². The van der Waals surface area contributed by atoms with E-state index in [9.17, 15) is 0 Å². The summed E-state index contributed by atoms with van der Waals surface area (Å²) in [5.74, 6) is 0. The van der Waals surface area contributed by atoms with Crippen LogP contribution >= 0.6 is 11.3 Å². The van der Waals surface area contributed by atoms with Crippen molar-refractivity contribution in [1.29, 1.82) is 0 Å². The summed E-state index contributed by atoms with van der Waals surface area (Å²) < 4.78 is 0. The maximum Gasteiger partial charge on any atom is 0.0794 e. The van der Waals surface area contributed by atoms with Crippen molar-refractivity contribution in [3.05, 3.63) is 16.6 Å². The first-order chi connectivity index (χ1) is 8.86. The highest BCUT2D eigenvalue weighted by Crippen LogP contribution is 2.21. The third-order valence-electron chi connectivity index (χ3n) is 3.85. The average molecular weight is 267 g/mol. The van der Waals surface area contributed by atoms with Gasteiger partial charge in [0.1, 0.15) is 0 Å². The molecule has 3 nitrogen and oxygen atoms in total. The van der Waals surface area contributed by atoms with E-state index in [0.29, 0.717) is 0 Å². The van der Waals surface area contributed by atoms with Gasteiger partial charge in [0.05, 0.1) is 5.51 Å². The summed E-state index contributed by atoms with van der Waals surface area (Å²) in [6, 6.07) is 0.847. The van der Waals surface area contributed by atoms with Gasteiger partial charge in [-0.05, 0) is 39.4 Å². The van der Waals surface area contributed by atoms with Crippen molar-refractivity contribution in [3.8, 4) is 0 Å². The van der Waals surface area contributed by atoms with Gasteiger partial charge >= 0.3 is 0 Å². The van der Waals surface area contributed by atoms with Crippen molar-refractivity contribution in [2.75, 3.05) is 20.1 Å². The summed E-state index contributed by atoms with van der Waals surface area (Å²) in [6.07, 6.45) is 10.3. The lowest BCUT2D eigenvalue weighted by Crippen LogP contribution is -2.35. The van der Waals surface area contributed by atoms with Crippen molar-refractivity contribution in [2.45, 2.75) is 51.1 Å². The Bertz CT molecular complexity index is 307. The second-order valence-electron chi connectivity index (χ2n) is 5.27. The minimum absolute atomic E-state index is 0.847. The van der Waals surface area contributed by atoms with E-state index in [2.05, 4.69) is 22.2 Å². The Balaban J connectivity index is 1.52. The van der Waals surface area contributed by atoms with Crippen LogP contribution in [0.1, 0.15) is 43.4 Å². The quantitative estimate of drug-likeness (QED) is 0.770. The molecule has 0 bridgehead atoms. The zero-order valence-corrected chi connectivity index (χ0v) is 12.2. The molecule has 1 fully saturated rings.